The third kappa shape index (κ3) is 2.43. The Bertz CT molecular complexity index is 369. The van der Waals surface area contributed by atoms with Crippen molar-refractivity contribution in [3.05, 3.63) is 59.7 Å². The van der Waals surface area contributed by atoms with E-state index in [-0.39, 0.29) is 5.78 Å². The van der Waals surface area contributed by atoms with Crippen LogP contribution in [0, 0.1) is 6.92 Å². The number of aryl methyl sites for hydroxylation is 1. The number of rotatable bonds is 3. The maximum Gasteiger partial charge on any atom is 0.188 e. The lowest BCUT2D eigenvalue weighted by Crippen LogP contribution is -1.99. The average molecular weight is 186 g/mol. The van der Waals surface area contributed by atoms with Gasteiger partial charge in [0, 0.05) is 5.56 Å². The molecule has 0 N–H and O–H groups in total. The van der Waals surface area contributed by atoms with Gasteiger partial charge in [0.1, 0.15) is 0 Å². The molecule has 0 saturated heterocycles. The molecule has 1 nitrogen and oxygen atoms in total. The van der Waals surface area contributed by atoms with E-state index in [1.165, 1.54) is 0 Å². The fourth-order valence-corrected chi connectivity index (χ4v) is 1.19. The zero-order chi connectivity index (χ0) is 10.6. The van der Waals surface area contributed by atoms with Crippen molar-refractivity contribution in [1.29, 1.82) is 0 Å². The summed E-state index contributed by atoms with van der Waals surface area (Å²) < 4.78 is 0. The van der Waals surface area contributed by atoms with Gasteiger partial charge in [-0.3, -0.25) is 4.79 Å². The number of ketones is 1. The molecule has 0 radical (unpaired) electrons. The Morgan fingerprint density at radius 2 is 1.86 bits per heavy atom. The molecule has 0 atom stereocenters. The van der Waals surface area contributed by atoms with Crippen molar-refractivity contribution in [2.75, 3.05) is 0 Å². The van der Waals surface area contributed by atoms with Gasteiger partial charge in [0.15, 0.2) is 5.78 Å². The minimum atomic E-state index is 0.0601. The van der Waals surface area contributed by atoms with Crippen LogP contribution in [-0.2, 0) is 0 Å². The largest absolute Gasteiger partial charge is 0.289 e. The molecular formula is C13H14O. The summed E-state index contributed by atoms with van der Waals surface area (Å²) >= 11 is 0. The Kier molecular flexibility index (Phi) is 3.41. The van der Waals surface area contributed by atoms with Crippen LogP contribution in [-0.4, -0.2) is 5.78 Å². The summed E-state index contributed by atoms with van der Waals surface area (Å²) in [7, 11) is 0. The van der Waals surface area contributed by atoms with Crippen LogP contribution in [0.4, 0.5) is 0 Å². The first kappa shape index (κ1) is 10.5. The molecule has 0 aliphatic heterocycles. The summed E-state index contributed by atoms with van der Waals surface area (Å²) in [6, 6.07) is 7.57. The number of carbonyl (C=O) groups excluding carboxylic acids is 1. The third-order valence-electron chi connectivity index (χ3n) is 2.04. The molecule has 0 saturated carbocycles. The summed E-state index contributed by atoms with van der Waals surface area (Å²) in [4.78, 5) is 11.7. The number of carbonyl (C=O) groups is 1. The summed E-state index contributed by atoms with van der Waals surface area (Å²) in [5.74, 6) is 0.0601. The van der Waals surface area contributed by atoms with Crippen LogP contribution in [0.1, 0.15) is 22.8 Å². The highest BCUT2D eigenvalue weighted by atomic mass is 16.1. The van der Waals surface area contributed by atoms with Crippen LogP contribution < -0.4 is 0 Å². The molecule has 1 aromatic carbocycles. The van der Waals surface area contributed by atoms with Crippen LogP contribution in [0.15, 0.2) is 48.6 Å². The Balaban J connectivity index is 2.95. The molecular weight excluding hydrogens is 172 g/mol. The predicted molar refractivity (Wildman–Crippen MR) is 59.5 cm³/mol. The molecule has 0 amide bonds. The Morgan fingerprint density at radius 1 is 1.29 bits per heavy atom. The number of benzene rings is 1. The van der Waals surface area contributed by atoms with Crippen LogP contribution in [0.3, 0.4) is 0 Å². The summed E-state index contributed by atoms with van der Waals surface area (Å²) in [5, 5.41) is 0. The second-order valence-electron chi connectivity index (χ2n) is 3.28. The molecule has 14 heavy (non-hydrogen) atoms. The quantitative estimate of drug-likeness (QED) is 0.402. The van der Waals surface area contributed by atoms with Gasteiger partial charge < -0.3 is 0 Å². The van der Waals surface area contributed by atoms with Gasteiger partial charge in [-0.2, -0.15) is 0 Å². The molecule has 0 unspecified atom stereocenters. The predicted octanol–water partition coefficient (Wildman–Crippen LogP) is 3.31. The van der Waals surface area contributed by atoms with Crippen molar-refractivity contribution in [2.45, 2.75) is 13.8 Å². The normalized spacial score (nSPS) is 11.1. The fraction of sp³-hybridized carbons (Fsp3) is 0.154. The summed E-state index contributed by atoms with van der Waals surface area (Å²) in [6.07, 6.45) is 3.35. The van der Waals surface area contributed by atoms with Crippen molar-refractivity contribution in [1.82, 2.24) is 0 Å². The van der Waals surface area contributed by atoms with E-state index in [4.69, 9.17) is 0 Å². The van der Waals surface area contributed by atoms with E-state index in [1.54, 1.807) is 19.1 Å². The SMILES string of the molecule is C=C/C=C(\C)C(=O)c1ccc(C)cc1. The molecule has 1 aromatic rings. The van der Waals surface area contributed by atoms with Gasteiger partial charge >= 0.3 is 0 Å². The minimum absolute atomic E-state index is 0.0601. The molecule has 0 heterocycles. The monoisotopic (exact) mass is 186 g/mol. The van der Waals surface area contributed by atoms with Crippen molar-refractivity contribution >= 4 is 5.78 Å². The third-order valence-corrected chi connectivity index (χ3v) is 2.04. The smallest absolute Gasteiger partial charge is 0.188 e. The number of allylic oxidation sites excluding steroid dienone is 3. The van der Waals surface area contributed by atoms with E-state index in [9.17, 15) is 4.79 Å². The van der Waals surface area contributed by atoms with Crippen LogP contribution >= 0.6 is 0 Å². The van der Waals surface area contributed by atoms with Gasteiger partial charge in [0.05, 0.1) is 0 Å². The van der Waals surface area contributed by atoms with Gasteiger partial charge in [-0.15, -0.1) is 0 Å². The van der Waals surface area contributed by atoms with Crippen molar-refractivity contribution in [2.24, 2.45) is 0 Å². The highest BCUT2D eigenvalue weighted by Gasteiger charge is 2.05. The van der Waals surface area contributed by atoms with Gasteiger partial charge in [-0.25, -0.2) is 0 Å². The lowest BCUT2D eigenvalue weighted by atomic mass is 10.0. The fourth-order valence-electron chi connectivity index (χ4n) is 1.19. The molecule has 0 bridgehead atoms. The van der Waals surface area contributed by atoms with Gasteiger partial charge in [-0.1, -0.05) is 48.6 Å². The highest BCUT2D eigenvalue weighted by Crippen LogP contribution is 2.09. The van der Waals surface area contributed by atoms with E-state index in [1.807, 2.05) is 31.2 Å². The van der Waals surface area contributed by atoms with Crippen LogP contribution in [0.25, 0.3) is 0 Å². The zero-order valence-electron chi connectivity index (χ0n) is 8.58. The molecule has 0 aliphatic rings. The lowest BCUT2D eigenvalue weighted by molar-refractivity contribution is 0.103. The van der Waals surface area contributed by atoms with Gasteiger partial charge in [0.2, 0.25) is 0 Å². The number of hydrogen-bond donors (Lipinski definition) is 0. The lowest BCUT2D eigenvalue weighted by Gasteiger charge is -2.00. The molecule has 0 aliphatic carbocycles. The van der Waals surface area contributed by atoms with Crippen molar-refractivity contribution in [3.63, 3.8) is 0 Å². The molecule has 1 rings (SSSR count). The first-order valence-electron chi connectivity index (χ1n) is 4.56. The van der Waals surface area contributed by atoms with Crippen LogP contribution in [0.5, 0.6) is 0 Å². The molecule has 0 fully saturated rings. The van der Waals surface area contributed by atoms with Crippen molar-refractivity contribution < 1.29 is 4.79 Å². The maximum atomic E-state index is 11.7. The topological polar surface area (TPSA) is 17.1 Å². The van der Waals surface area contributed by atoms with E-state index >= 15 is 0 Å². The summed E-state index contributed by atoms with van der Waals surface area (Å²) in [5.41, 5.74) is 2.60. The molecule has 0 spiro atoms. The molecule has 1 heteroatoms. The molecule has 72 valence electrons. The van der Waals surface area contributed by atoms with E-state index < -0.39 is 0 Å². The van der Waals surface area contributed by atoms with E-state index in [0.29, 0.717) is 5.57 Å². The van der Waals surface area contributed by atoms with E-state index in [0.717, 1.165) is 11.1 Å². The number of Topliss-reactive ketones (excluding diaryl/α,β-unsaturated/α-hetero) is 1. The van der Waals surface area contributed by atoms with Gasteiger partial charge in [0.25, 0.3) is 0 Å². The Morgan fingerprint density at radius 3 is 2.36 bits per heavy atom. The average Bonchev–Trinajstić information content (AvgIpc) is 2.18. The Hall–Kier alpha value is -1.63. The van der Waals surface area contributed by atoms with Crippen molar-refractivity contribution in [3.8, 4) is 0 Å². The standard InChI is InChI=1S/C13H14O/c1-4-5-11(3)13(14)12-8-6-10(2)7-9-12/h4-9H,1H2,2-3H3/b11-5+. The number of hydrogen-bond acceptors (Lipinski definition) is 1. The zero-order valence-corrected chi connectivity index (χ0v) is 8.58. The second-order valence-corrected chi connectivity index (χ2v) is 3.28. The highest BCUT2D eigenvalue weighted by molar-refractivity contribution is 6.08. The second kappa shape index (κ2) is 4.56. The first-order valence-corrected chi connectivity index (χ1v) is 4.56. The minimum Gasteiger partial charge on any atom is -0.289 e. The molecule has 0 aromatic heterocycles. The Labute approximate surface area is 84.8 Å². The maximum absolute atomic E-state index is 11.7. The van der Waals surface area contributed by atoms with E-state index in [2.05, 4.69) is 6.58 Å². The van der Waals surface area contributed by atoms with Gasteiger partial charge in [-0.05, 0) is 19.4 Å². The van der Waals surface area contributed by atoms with Crippen LogP contribution in [0.2, 0.25) is 0 Å². The first-order chi connectivity index (χ1) is 6.65. The summed E-state index contributed by atoms with van der Waals surface area (Å²) in [6.45, 7) is 7.36.